The Kier molecular flexibility index (Phi) is 4.00. The zero-order chi connectivity index (χ0) is 13.8. The van der Waals surface area contributed by atoms with E-state index >= 15 is 0 Å². The molecular weight excluding hydrogens is 242 g/mol. The SMILES string of the molecule is Cc1ccc(NC(=O)[C@H]2CC=CC[C@@H]2C(=O)O)cc1. The van der Waals surface area contributed by atoms with E-state index in [1.807, 2.05) is 43.3 Å². The first kappa shape index (κ1) is 13.3. The number of rotatable bonds is 3. The molecule has 0 radical (unpaired) electrons. The Hall–Kier alpha value is -2.10. The molecular formula is C15H17NO3. The monoisotopic (exact) mass is 259 g/mol. The van der Waals surface area contributed by atoms with Gasteiger partial charge in [0, 0.05) is 5.69 Å². The van der Waals surface area contributed by atoms with Gasteiger partial charge in [-0.05, 0) is 31.9 Å². The smallest absolute Gasteiger partial charge is 0.307 e. The fourth-order valence-electron chi connectivity index (χ4n) is 2.25. The summed E-state index contributed by atoms with van der Waals surface area (Å²) in [7, 11) is 0. The summed E-state index contributed by atoms with van der Waals surface area (Å²) < 4.78 is 0. The molecule has 0 aliphatic heterocycles. The molecule has 0 saturated carbocycles. The van der Waals surface area contributed by atoms with E-state index in [1.165, 1.54) is 0 Å². The second kappa shape index (κ2) is 5.69. The van der Waals surface area contributed by atoms with Crippen LogP contribution in [0.4, 0.5) is 5.69 Å². The van der Waals surface area contributed by atoms with Crippen LogP contribution in [-0.4, -0.2) is 17.0 Å². The van der Waals surface area contributed by atoms with Crippen LogP contribution >= 0.6 is 0 Å². The number of carboxylic acid groups (broad SMARTS) is 1. The van der Waals surface area contributed by atoms with Crippen molar-refractivity contribution < 1.29 is 14.7 Å². The Balaban J connectivity index is 2.08. The Morgan fingerprint density at radius 2 is 1.68 bits per heavy atom. The first-order valence-corrected chi connectivity index (χ1v) is 6.33. The van der Waals surface area contributed by atoms with E-state index in [2.05, 4.69) is 5.32 Å². The summed E-state index contributed by atoms with van der Waals surface area (Å²) in [5, 5.41) is 11.9. The first-order chi connectivity index (χ1) is 9.08. The van der Waals surface area contributed by atoms with Crippen molar-refractivity contribution in [2.45, 2.75) is 19.8 Å². The highest BCUT2D eigenvalue weighted by Gasteiger charge is 2.33. The average molecular weight is 259 g/mol. The molecule has 0 bridgehead atoms. The zero-order valence-corrected chi connectivity index (χ0v) is 10.8. The molecule has 1 aliphatic carbocycles. The molecule has 100 valence electrons. The molecule has 1 aliphatic rings. The topological polar surface area (TPSA) is 66.4 Å². The summed E-state index contributed by atoms with van der Waals surface area (Å²) in [6.45, 7) is 1.97. The Labute approximate surface area is 112 Å². The van der Waals surface area contributed by atoms with Gasteiger partial charge in [-0.1, -0.05) is 29.8 Å². The van der Waals surface area contributed by atoms with Crippen LogP contribution in [0, 0.1) is 18.8 Å². The molecule has 0 unspecified atom stereocenters. The van der Waals surface area contributed by atoms with Gasteiger partial charge in [0.1, 0.15) is 0 Å². The van der Waals surface area contributed by atoms with Gasteiger partial charge in [-0.3, -0.25) is 9.59 Å². The van der Waals surface area contributed by atoms with Crippen molar-refractivity contribution in [3.63, 3.8) is 0 Å². The number of carbonyl (C=O) groups is 2. The van der Waals surface area contributed by atoms with E-state index in [0.29, 0.717) is 18.5 Å². The fourth-order valence-corrected chi connectivity index (χ4v) is 2.25. The quantitative estimate of drug-likeness (QED) is 0.820. The molecule has 1 aromatic carbocycles. The Morgan fingerprint density at radius 1 is 1.11 bits per heavy atom. The van der Waals surface area contributed by atoms with Crippen LogP contribution in [0.2, 0.25) is 0 Å². The predicted molar refractivity (Wildman–Crippen MR) is 72.8 cm³/mol. The third kappa shape index (κ3) is 3.22. The van der Waals surface area contributed by atoms with Crippen molar-refractivity contribution in [2.24, 2.45) is 11.8 Å². The Bertz CT molecular complexity index is 505. The fraction of sp³-hybridized carbons (Fsp3) is 0.333. The van der Waals surface area contributed by atoms with E-state index in [1.54, 1.807) is 0 Å². The number of anilines is 1. The van der Waals surface area contributed by atoms with E-state index in [-0.39, 0.29) is 5.91 Å². The van der Waals surface area contributed by atoms with E-state index in [4.69, 9.17) is 5.11 Å². The average Bonchev–Trinajstić information content (AvgIpc) is 2.41. The standard InChI is InChI=1S/C15H17NO3/c1-10-6-8-11(9-7-10)16-14(17)12-4-2-3-5-13(12)15(18)19/h2-3,6-9,12-13H,4-5H2,1H3,(H,16,17)(H,18,19)/t12-,13-/m0/s1. The molecule has 0 aromatic heterocycles. The van der Waals surface area contributed by atoms with Crippen LogP contribution in [0.5, 0.6) is 0 Å². The number of carboxylic acids is 1. The maximum Gasteiger partial charge on any atom is 0.307 e. The lowest BCUT2D eigenvalue weighted by Crippen LogP contribution is -2.34. The minimum absolute atomic E-state index is 0.222. The molecule has 0 fully saturated rings. The predicted octanol–water partition coefficient (Wildman–Crippen LogP) is 2.60. The highest BCUT2D eigenvalue weighted by atomic mass is 16.4. The summed E-state index contributed by atoms with van der Waals surface area (Å²) in [5.41, 5.74) is 1.82. The van der Waals surface area contributed by atoms with Gasteiger partial charge in [-0.2, -0.15) is 0 Å². The van der Waals surface area contributed by atoms with Crippen molar-refractivity contribution in [2.75, 3.05) is 5.32 Å². The second-order valence-corrected chi connectivity index (χ2v) is 4.85. The third-order valence-corrected chi connectivity index (χ3v) is 3.41. The number of amides is 1. The minimum Gasteiger partial charge on any atom is -0.481 e. The largest absolute Gasteiger partial charge is 0.481 e. The molecule has 2 N–H and O–H groups in total. The number of aliphatic carboxylic acids is 1. The van der Waals surface area contributed by atoms with Crippen LogP contribution < -0.4 is 5.32 Å². The van der Waals surface area contributed by atoms with Crippen LogP contribution in [-0.2, 0) is 9.59 Å². The number of carbonyl (C=O) groups excluding carboxylic acids is 1. The van der Waals surface area contributed by atoms with Gasteiger partial charge in [-0.25, -0.2) is 0 Å². The lowest BCUT2D eigenvalue weighted by atomic mass is 9.82. The molecule has 2 atom stereocenters. The van der Waals surface area contributed by atoms with Crippen molar-refractivity contribution >= 4 is 17.6 Å². The van der Waals surface area contributed by atoms with E-state index in [9.17, 15) is 9.59 Å². The van der Waals surface area contributed by atoms with Crippen LogP contribution in [0.25, 0.3) is 0 Å². The summed E-state index contributed by atoms with van der Waals surface area (Å²) in [6, 6.07) is 7.46. The van der Waals surface area contributed by atoms with Crippen LogP contribution in [0.15, 0.2) is 36.4 Å². The molecule has 4 heteroatoms. The van der Waals surface area contributed by atoms with E-state index < -0.39 is 17.8 Å². The Morgan fingerprint density at radius 3 is 2.26 bits per heavy atom. The number of nitrogens with one attached hydrogen (secondary N) is 1. The molecule has 0 heterocycles. The first-order valence-electron chi connectivity index (χ1n) is 6.33. The minimum atomic E-state index is -0.909. The summed E-state index contributed by atoms with van der Waals surface area (Å²) in [4.78, 5) is 23.3. The van der Waals surface area contributed by atoms with Gasteiger partial charge in [0.05, 0.1) is 11.8 Å². The molecule has 1 aromatic rings. The van der Waals surface area contributed by atoms with Crippen molar-refractivity contribution in [3.05, 3.63) is 42.0 Å². The molecule has 4 nitrogen and oxygen atoms in total. The van der Waals surface area contributed by atoms with Gasteiger partial charge in [-0.15, -0.1) is 0 Å². The van der Waals surface area contributed by atoms with Gasteiger partial charge >= 0.3 is 5.97 Å². The zero-order valence-electron chi connectivity index (χ0n) is 10.8. The number of hydrogen-bond donors (Lipinski definition) is 2. The highest BCUT2D eigenvalue weighted by Crippen LogP contribution is 2.27. The van der Waals surface area contributed by atoms with E-state index in [0.717, 1.165) is 5.56 Å². The molecule has 0 saturated heterocycles. The number of hydrogen-bond acceptors (Lipinski definition) is 2. The summed E-state index contributed by atoms with van der Waals surface area (Å²) in [6.07, 6.45) is 4.60. The number of benzene rings is 1. The van der Waals surface area contributed by atoms with Crippen molar-refractivity contribution in [1.29, 1.82) is 0 Å². The maximum atomic E-state index is 12.2. The van der Waals surface area contributed by atoms with Gasteiger partial charge < -0.3 is 10.4 Å². The van der Waals surface area contributed by atoms with Gasteiger partial charge in [0.2, 0.25) is 5.91 Å². The lowest BCUT2D eigenvalue weighted by molar-refractivity contribution is -0.146. The molecule has 0 spiro atoms. The molecule has 1 amide bonds. The normalized spacial score (nSPS) is 21.9. The number of allylic oxidation sites excluding steroid dienone is 2. The lowest BCUT2D eigenvalue weighted by Gasteiger charge is -2.24. The van der Waals surface area contributed by atoms with Crippen LogP contribution in [0.1, 0.15) is 18.4 Å². The molecule has 19 heavy (non-hydrogen) atoms. The van der Waals surface area contributed by atoms with Gasteiger partial charge in [0.25, 0.3) is 0 Å². The molecule has 2 rings (SSSR count). The summed E-state index contributed by atoms with van der Waals surface area (Å²) >= 11 is 0. The van der Waals surface area contributed by atoms with Crippen LogP contribution in [0.3, 0.4) is 0 Å². The third-order valence-electron chi connectivity index (χ3n) is 3.41. The van der Waals surface area contributed by atoms with Crippen molar-refractivity contribution in [3.8, 4) is 0 Å². The summed E-state index contributed by atoms with van der Waals surface area (Å²) in [5.74, 6) is -2.26. The number of aryl methyl sites for hydroxylation is 1. The van der Waals surface area contributed by atoms with Crippen molar-refractivity contribution in [1.82, 2.24) is 0 Å². The highest BCUT2D eigenvalue weighted by molar-refractivity contribution is 5.95. The van der Waals surface area contributed by atoms with Gasteiger partial charge in [0.15, 0.2) is 0 Å². The second-order valence-electron chi connectivity index (χ2n) is 4.85. The maximum absolute atomic E-state index is 12.2.